The monoisotopic (exact) mass is 388 g/mol. The molecule has 1 aromatic carbocycles. The van der Waals surface area contributed by atoms with Crippen molar-refractivity contribution in [3.8, 4) is 22.6 Å². The first kappa shape index (κ1) is 17.5. The van der Waals surface area contributed by atoms with Gasteiger partial charge in [0, 0.05) is 24.3 Å². The molecule has 3 aromatic heterocycles. The summed E-state index contributed by atoms with van der Waals surface area (Å²) in [5.74, 6) is 0.321. The second kappa shape index (κ2) is 6.79. The van der Waals surface area contributed by atoms with Gasteiger partial charge in [-0.1, -0.05) is 11.7 Å². The van der Waals surface area contributed by atoms with Crippen molar-refractivity contribution in [3.63, 3.8) is 0 Å². The lowest BCUT2D eigenvalue weighted by Gasteiger charge is -2.35. The van der Waals surface area contributed by atoms with E-state index in [1.54, 1.807) is 18.5 Å². The lowest BCUT2D eigenvalue weighted by atomic mass is 9.80. The fourth-order valence-corrected chi connectivity index (χ4v) is 3.85. The molecule has 1 N–H and O–H groups in total. The number of aliphatic hydroxyl groups is 1. The number of aliphatic hydroxyl groups excluding tert-OH is 1. The van der Waals surface area contributed by atoms with Gasteiger partial charge in [-0.3, -0.25) is 0 Å². The van der Waals surface area contributed by atoms with Gasteiger partial charge in [0.05, 0.1) is 23.9 Å². The summed E-state index contributed by atoms with van der Waals surface area (Å²) in [6.07, 6.45) is 5.00. The van der Waals surface area contributed by atoms with Crippen molar-refractivity contribution in [2.45, 2.75) is 18.9 Å². The summed E-state index contributed by atoms with van der Waals surface area (Å²) in [5.41, 5.74) is 3.55. The van der Waals surface area contributed by atoms with E-state index >= 15 is 0 Å². The van der Waals surface area contributed by atoms with E-state index in [1.807, 2.05) is 12.1 Å². The van der Waals surface area contributed by atoms with Crippen LogP contribution >= 0.6 is 0 Å². The summed E-state index contributed by atoms with van der Waals surface area (Å²) >= 11 is 0. The maximum absolute atomic E-state index is 13.4. The molecule has 0 atom stereocenters. The predicted molar refractivity (Wildman–Crippen MR) is 105 cm³/mol. The third kappa shape index (κ3) is 2.87. The molecule has 0 bridgehead atoms. The van der Waals surface area contributed by atoms with Crippen LogP contribution in [-0.2, 0) is 0 Å². The van der Waals surface area contributed by atoms with Crippen molar-refractivity contribution < 1.29 is 9.50 Å². The van der Waals surface area contributed by atoms with Crippen molar-refractivity contribution in [2.24, 2.45) is 5.92 Å². The summed E-state index contributed by atoms with van der Waals surface area (Å²) in [7, 11) is 0. The fraction of sp³-hybridized carbons (Fsp3) is 0.238. The first-order chi connectivity index (χ1) is 14.2. The van der Waals surface area contributed by atoms with E-state index < -0.39 is 0 Å². The smallest absolute Gasteiger partial charge is 0.275 e. The van der Waals surface area contributed by atoms with E-state index in [4.69, 9.17) is 6.57 Å². The Balaban J connectivity index is 1.68. The molecule has 8 heteroatoms. The average Bonchev–Trinajstić information content (AvgIpc) is 3.31. The lowest BCUT2D eigenvalue weighted by Crippen LogP contribution is -2.29. The van der Waals surface area contributed by atoms with Crippen LogP contribution in [0.4, 0.5) is 10.2 Å². The van der Waals surface area contributed by atoms with Crippen LogP contribution < -0.4 is 0 Å². The lowest BCUT2D eigenvalue weighted by molar-refractivity contribution is 0.113. The molecule has 3 heterocycles. The number of hydrogen-bond donors (Lipinski definition) is 1. The highest BCUT2D eigenvalue weighted by atomic mass is 19.1. The minimum absolute atomic E-state index is 0.180. The molecule has 5 rings (SSSR count). The first-order valence-electron chi connectivity index (χ1n) is 9.34. The normalized spacial score (nSPS) is 18.5. The molecule has 4 aromatic rings. The van der Waals surface area contributed by atoms with Gasteiger partial charge in [0.2, 0.25) is 5.65 Å². The Morgan fingerprint density at radius 3 is 2.66 bits per heavy atom. The highest BCUT2D eigenvalue weighted by Gasteiger charge is 2.33. The molecule has 0 saturated heterocycles. The van der Waals surface area contributed by atoms with Crippen molar-refractivity contribution in [1.82, 2.24) is 24.1 Å². The summed E-state index contributed by atoms with van der Waals surface area (Å²) in [6, 6.07) is 10.1. The molecule has 144 valence electrons. The average molecular weight is 388 g/mol. The molecule has 7 nitrogen and oxygen atoms in total. The van der Waals surface area contributed by atoms with Gasteiger partial charge in [-0.15, -0.1) is 4.52 Å². The maximum atomic E-state index is 13.4. The van der Waals surface area contributed by atoms with Crippen molar-refractivity contribution >= 4 is 11.5 Å². The number of imidazole rings is 2. The summed E-state index contributed by atoms with van der Waals surface area (Å²) in [4.78, 5) is 12.3. The van der Waals surface area contributed by atoms with Gasteiger partial charge in [-0.2, -0.15) is 0 Å². The Bertz CT molecular complexity index is 1230. The Labute approximate surface area is 165 Å². The van der Waals surface area contributed by atoms with E-state index in [0.717, 1.165) is 24.1 Å². The van der Waals surface area contributed by atoms with E-state index in [2.05, 4.69) is 24.5 Å². The number of nitrogens with zero attached hydrogens (tertiary/aromatic N) is 6. The van der Waals surface area contributed by atoms with Crippen LogP contribution in [-0.4, -0.2) is 35.9 Å². The number of aromatic nitrogens is 5. The van der Waals surface area contributed by atoms with E-state index in [9.17, 15) is 9.50 Å². The summed E-state index contributed by atoms with van der Waals surface area (Å²) < 4.78 is 17.0. The number of fused-ring (bicyclic) bond motifs is 1. The van der Waals surface area contributed by atoms with Crippen LogP contribution in [0.2, 0.25) is 0 Å². The molecule has 1 aliphatic carbocycles. The molecule has 1 saturated carbocycles. The van der Waals surface area contributed by atoms with E-state index in [0.29, 0.717) is 28.8 Å². The van der Waals surface area contributed by atoms with Gasteiger partial charge in [-0.05, 0) is 49.1 Å². The van der Waals surface area contributed by atoms with Crippen LogP contribution in [0.3, 0.4) is 0 Å². The Morgan fingerprint density at radius 1 is 1.14 bits per heavy atom. The van der Waals surface area contributed by atoms with E-state index in [-0.39, 0.29) is 18.5 Å². The van der Waals surface area contributed by atoms with Gasteiger partial charge >= 0.3 is 0 Å². The molecule has 0 radical (unpaired) electrons. The number of hydrogen-bond acceptors (Lipinski definition) is 4. The van der Waals surface area contributed by atoms with E-state index in [1.165, 1.54) is 22.8 Å². The van der Waals surface area contributed by atoms with Gasteiger partial charge in [0.1, 0.15) is 11.5 Å². The Hall–Kier alpha value is -3.57. The van der Waals surface area contributed by atoms with Gasteiger partial charge in [0.15, 0.2) is 0 Å². The van der Waals surface area contributed by atoms with Crippen LogP contribution in [0.5, 0.6) is 0 Å². The van der Waals surface area contributed by atoms with Gasteiger partial charge in [-0.25, -0.2) is 14.4 Å². The summed E-state index contributed by atoms with van der Waals surface area (Å²) in [6.45, 7) is 7.50. The van der Waals surface area contributed by atoms with Crippen LogP contribution in [0.1, 0.15) is 18.9 Å². The molecule has 0 amide bonds. The maximum Gasteiger partial charge on any atom is 0.275 e. The van der Waals surface area contributed by atoms with Crippen LogP contribution in [0.15, 0.2) is 48.9 Å². The molecule has 29 heavy (non-hydrogen) atoms. The molecular weight excluding hydrogens is 371 g/mol. The topological polar surface area (TPSA) is 72.6 Å². The summed E-state index contributed by atoms with van der Waals surface area (Å²) in [5, 5.41) is 14.0. The number of rotatable bonds is 4. The standard InChI is InChI=1S/C21H17FN6O/c1-23-19-10-24-18-7-6-17(26-28(18)19)21-20(14-2-4-15(22)5-3-14)25-12-27(21)16-8-13(9-16)11-29/h2-7,10,12-13,16,29H,8-9,11H2. The largest absolute Gasteiger partial charge is 0.396 e. The van der Waals surface area contributed by atoms with Crippen LogP contribution in [0, 0.1) is 18.3 Å². The molecule has 1 aliphatic rings. The molecule has 0 aliphatic heterocycles. The van der Waals surface area contributed by atoms with Gasteiger partial charge in [0.25, 0.3) is 5.82 Å². The third-order valence-corrected chi connectivity index (χ3v) is 5.48. The predicted octanol–water partition coefficient (Wildman–Crippen LogP) is 3.89. The minimum atomic E-state index is -0.306. The van der Waals surface area contributed by atoms with Gasteiger partial charge < -0.3 is 14.5 Å². The molecule has 1 fully saturated rings. The quantitative estimate of drug-likeness (QED) is 0.538. The fourth-order valence-electron chi connectivity index (χ4n) is 3.85. The number of halogens is 1. The third-order valence-electron chi connectivity index (χ3n) is 5.48. The van der Waals surface area contributed by atoms with Crippen molar-refractivity contribution in [3.05, 3.63) is 66.2 Å². The zero-order valence-corrected chi connectivity index (χ0v) is 15.4. The highest BCUT2D eigenvalue weighted by Crippen LogP contribution is 2.42. The first-order valence-corrected chi connectivity index (χ1v) is 9.34. The molecule has 0 spiro atoms. The number of benzene rings is 1. The zero-order valence-electron chi connectivity index (χ0n) is 15.4. The van der Waals surface area contributed by atoms with Crippen molar-refractivity contribution in [1.29, 1.82) is 0 Å². The molecular formula is C21H17FN6O. The minimum Gasteiger partial charge on any atom is -0.396 e. The van der Waals surface area contributed by atoms with Crippen LogP contribution in [0.25, 0.3) is 33.1 Å². The zero-order chi connectivity index (χ0) is 20.0. The molecule has 0 unspecified atom stereocenters. The van der Waals surface area contributed by atoms with Crippen molar-refractivity contribution in [2.75, 3.05) is 6.61 Å². The SMILES string of the molecule is [C-]#[N+]c1cnc2ccc(-c3c(-c4ccc(F)cc4)ncn3C3CC(CO)C3)nn12. The Morgan fingerprint density at radius 2 is 1.93 bits per heavy atom. The Kier molecular flexibility index (Phi) is 4.11. The highest BCUT2D eigenvalue weighted by molar-refractivity contribution is 5.77. The second-order valence-electron chi connectivity index (χ2n) is 7.25. The second-order valence-corrected chi connectivity index (χ2v) is 7.25.